The first-order chi connectivity index (χ1) is 5.04. The van der Waals surface area contributed by atoms with Crippen molar-refractivity contribution < 1.29 is 18.0 Å². The van der Waals surface area contributed by atoms with E-state index >= 15 is 0 Å². The molecule has 0 amide bonds. The summed E-state index contributed by atoms with van der Waals surface area (Å²) >= 11 is 0.336. The van der Waals surface area contributed by atoms with Crippen LogP contribution in [0.15, 0.2) is 6.20 Å². The number of halogens is 3. The molecule has 1 heterocycles. The Bertz CT molecular complexity index is 267. The van der Waals surface area contributed by atoms with Gasteiger partial charge in [-0.2, -0.15) is 13.2 Å². The lowest BCUT2D eigenvalue weighted by molar-refractivity contribution is -0.137. The number of carbonyl (C=O) groups is 1. The monoisotopic (exact) mass is 181 g/mol. The van der Waals surface area contributed by atoms with Gasteiger partial charge in [-0.05, 0) is 0 Å². The molecular weight excluding hydrogens is 179 g/mol. The average molecular weight is 181 g/mol. The summed E-state index contributed by atoms with van der Waals surface area (Å²) in [7, 11) is 0. The second-order valence-electron chi connectivity index (χ2n) is 1.68. The molecule has 0 unspecified atom stereocenters. The predicted molar refractivity (Wildman–Crippen MR) is 32.5 cm³/mol. The fourth-order valence-electron chi connectivity index (χ4n) is 0.472. The molecule has 0 aromatic carbocycles. The Hall–Kier alpha value is -0.910. The molecular formula is C5H2F3NOS. The normalized spacial score (nSPS) is 11.5. The zero-order chi connectivity index (χ0) is 8.48. The molecule has 0 fully saturated rings. The van der Waals surface area contributed by atoms with E-state index in [0.29, 0.717) is 17.6 Å². The smallest absolute Gasteiger partial charge is 0.297 e. The molecule has 0 saturated heterocycles. The number of thiazole rings is 1. The van der Waals surface area contributed by atoms with E-state index in [1.54, 1.807) is 0 Å². The molecule has 0 aliphatic heterocycles. The molecule has 0 atom stereocenters. The Balaban J connectivity index is 2.98. The van der Waals surface area contributed by atoms with Crippen molar-refractivity contribution in [2.24, 2.45) is 0 Å². The van der Waals surface area contributed by atoms with E-state index in [-0.39, 0.29) is 4.88 Å². The van der Waals surface area contributed by atoms with Crippen LogP contribution in [0.3, 0.4) is 0 Å². The zero-order valence-electron chi connectivity index (χ0n) is 5.05. The van der Waals surface area contributed by atoms with Crippen molar-refractivity contribution in [2.45, 2.75) is 6.18 Å². The largest absolute Gasteiger partial charge is 0.443 e. The summed E-state index contributed by atoms with van der Waals surface area (Å²) in [5, 5.41) is -0.986. The lowest BCUT2D eigenvalue weighted by Gasteiger charge is -1.98. The highest BCUT2D eigenvalue weighted by atomic mass is 32.1. The van der Waals surface area contributed by atoms with E-state index < -0.39 is 11.2 Å². The first-order valence-corrected chi connectivity index (χ1v) is 3.34. The summed E-state index contributed by atoms with van der Waals surface area (Å²) in [6.07, 6.45) is -3.20. The van der Waals surface area contributed by atoms with Crippen LogP contribution in [0, 0.1) is 0 Å². The van der Waals surface area contributed by atoms with Crippen molar-refractivity contribution in [2.75, 3.05) is 0 Å². The number of hydrogen-bond donors (Lipinski definition) is 0. The molecule has 1 aromatic rings. The van der Waals surface area contributed by atoms with Crippen LogP contribution in [0.2, 0.25) is 0 Å². The number of rotatable bonds is 1. The number of carbonyl (C=O) groups excluding carboxylic acids is 1. The van der Waals surface area contributed by atoms with Gasteiger partial charge in [0.1, 0.15) is 0 Å². The van der Waals surface area contributed by atoms with Crippen molar-refractivity contribution >= 4 is 17.6 Å². The van der Waals surface area contributed by atoms with Gasteiger partial charge in [-0.1, -0.05) is 0 Å². The molecule has 2 nitrogen and oxygen atoms in total. The summed E-state index contributed by atoms with van der Waals surface area (Å²) in [4.78, 5) is 13.0. The Morgan fingerprint density at radius 2 is 2.18 bits per heavy atom. The van der Waals surface area contributed by atoms with E-state index in [1.807, 2.05) is 0 Å². The SMILES string of the molecule is O=Cc1cnc(C(F)(F)F)s1. The third-order valence-electron chi connectivity index (χ3n) is 0.882. The minimum absolute atomic E-state index is 0.0164. The van der Waals surface area contributed by atoms with Crippen molar-refractivity contribution in [3.05, 3.63) is 16.1 Å². The van der Waals surface area contributed by atoms with Gasteiger partial charge in [0.15, 0.2) is 11.3 Å². The Morgan fingerprint density at radius 1 is 1.55 bits per heavy atom. The predicted octanol–water partition coefficient (Wildman–Crippen LogP) is 1.97. The van der Waals surface area contributed by atoms with Gasteiger partial charge in [-0.15, -0.1) is 11.3 Å². The maximum Gasteiger partial charge on any atom is 0.443 e. The van der Waals surface area contributed by atoms with Crippen molar-refractivity contribution in [1.29, 1.82) is 0 Å². The van der Waals surface area contributed by atoms with Crippen molar-refractivity contribution in [3.63, 3.8) is 0 Å². The second kappa shape index (κ2) is 2.61. The van der Waals surface area contributed by atoms with E-state index in [1.165, 1.54) is 0 Å². The maximum atomic E-state index is 11.8. The number of aldehydes is 1. The maximum absolute atomic E-state index is 11.8. The van der Waals surface area contributed by atoms with Crippen LogP contribution in [0.4, 0.5) is 13.2 Å². The van der Waals surface area contributed by atoms with Gasteiger partial charge in [0.2, 0.25) is 0 Å². The first-order valence-electron chi connectivity index (χ1n) is 2.52. The highest BCUT2D eigenvalue weighted by Crippen LogP contribution is 2.31. The topological polar surface area (TPSA) is 30.0 Å². The number of nitrogens with zero attached hydrogens (tertiary/aromatic N) is 1. The molecule has 0 aliphatic rings. The standard InChI is InChI=1S/C5H2F3NOS/c6-5(7,8)4-9-1-3(2-10)11-4/h1-2H. The summed E-state index contributed by atoms with van der Waals surface area (Å²) in [6, 6.07) is 0. The quantitative estimate of drug-likeness (QED) is 0.620. The van der Waals surface area contributed by atoms with Gasteiger partial charge < -0.3 is 0 Å². The van der Waals surface area contributed by atoms with Gasteiger partial charge in [-0.25, -0.2) is 4.98 Å². The van der Waals surface area contributed by atoms with Crippen LogP contribution in [-0.4, -0.2) is 11.3 Å². The zero-order valence-corrected chi connectivity index (χ0v) is 5.87. The van der Waals surface area contributed by atoms with E-state index in [0.717, 1.165) is 6.20 Å². The van der Waals surface area contributed by atoms with Gasteiger partial charge >= 0.3 is 6.18 Å². The summed E-state index contributed by atoms with van der Waals surface area (Å²) in [6.45, 7) is 0. The molecule has 60 valence electrons. The molecule has 0 saturated carbocycles. The Labute approximate surface area is 63.7 Å². The van der Waals surface area contributed by atoms with Crippen molar-refractivity contribution in [3.8, 4) is 0 Å². The molecule has 1 rings (SSSR count). The van der Waals surface area contributed by atoms with Gasteiger partial charge in [0.25, 0.3) is 0 Å². The van der Waals surface area contributed by atoms with Crippen LogP contribution < -0.4 is 0 Å². The first kappa shape index (κ1) is 8.19. The van der Waals surface area contributed by atoms with Crippen molar-refractivity contribution in [1.82, 2.24) is 4.98 Å². The number of aromatic nitrogens is 1. The van der Waals surface area contributed by atoms with Crippen LogP contribution >= 0.6 is 11.3 Å². The third-order valence-corrected chi connectivity index (χ3v) is 1.85. The minimum atomic E-state index is -4.44. The highest BCUT2D eigenvalue weighted by Gasteiger charge is 2.34. The molecule has 0 bridgehead atoms. The molecule has 0 aliphatic carbocycles. The molecule has 1 aromatic heterocycles. The second-order valence-corrected chi connectivity index (χ2v) is 2.75. The lowest BCUT2D eigenvalue weighted by Crippen LogP contribution is -2.02. The molecule has 11 heavy (non-hydrogen) atoms. The molecule has 0 radical (unpaired) electrons. The number of alkyl halides is 3. The van der Waals surface area contributed by atoms with E-state index in [4.69, 9.17) is 0 Å². The van der Waals surface area contributed by atoms with Crippen LogP contribution in [-0.2, 0) is 6.18 Å². The summed E-state index contributed by atoms with van der Waals surface area (Å²) in [5.41, 5.74) is 0. The average Bonchev–Trinajstić information content (AvgIpc) is 2.32. The van der Waals surface area contributed by atoms with Gasteiger partial charge in [0.05, 0.1) is 4.88 Å². The highest BCUT2D eigenvalue weighted by molar-refractivity contribution is 7.13. The van der Waals surface area contributed by atoms with Crippen LogP contribution in [0.1, 0.15) is 14.7 Å². The van der Waals surface area contributed by atoms with Crippen LogP contribution in [0.25, 0.3) is 0 Å². The fourth-order valence-corrected chi connectivity index (χ4v) is 1.07. The summed E-state index contributed by atoms with van der Waals surface area (Å²) in [5.74, 6) is 0. The van der Waals surface area contributed by atoms with Crippen LogP contribution in [0.5, 0.6) is 0 Å². The third kappa shape index (κ3) is 1.76. The van der Waals surface area contributed by atoms with E-state index in [9.17, 15) is 18.0 Å². The summed E-state index contributed by atoms with van der Waals surface area (Å²) < 4.78 is 35.3. The molecule has 0 spiro atoms. The molecule has 6 heteroatoms. The molecule has 0 N–H and O–H groups in total. The Kier molecular flexibility index (Phi) is 1.95. The fraction of sp³-hybridized carbons (Fsp3) is 0.200. The van der Waals surface area contributed by atoms with Gasteiger partial charge in [0, 0.05) is 6.20 Å². The Morgan fingerprint density at radius 3 is 2.45 bits per heavy atom. The lowest BCUT2D eigenvalue weighted by atomic mass is 10.6. The van der Waals surface area contributed by atoms with Gasteiger partial charge in [-0.3, -0.25) is 4.79 Å². The minimum Gasteiger partial charge on any atom is -0.297 e. The number of hydrogen-bond acceptors (Lipinski definition) is 3. The van der Waals surface area contributed by atoms with E-state index in [2.05, 4.69) is 4.98 Å².